The topological polar surface area (TPSA) is 59.6 Å². The zero-order chi connectivity index (χ0) is 14.4. The van der Waals surface area contributed by atoms with Gasteiger partial charge in [0.05, 0.1) is 13.2 Å². The van der Waals surface area contributed by atoms with Gasteiger partial charge in [0.15, 0.2) is 11.5 Å². The number of rotatable bonds is 7. The summed E-state index contributed by atoms with van der Waals surface area (Å²) >= 11 is 0. The summed E-state index contributed by atoms with van der Waals surface area (Å²) in [4.78, 5) is 12.1. The Labute approximate surface area is 119 Å². The molecule has 0 saturated carbocycles. The van der Waals surface area contributed by atoms with Crippen molar-refractivity contribution in [2.45, 2.75) is 13.8 Å². The van der Waals surface area contributed by atoms with Crippen LogP contribution in [0, 0.1) is 5.92 Å². The van der Waals surface area contributed by atoms with Crippen molar-refractivity contribution in [2.24, 2.45) is 5.92 Å². The second-order valence-electron chi connectivity index (χ2n) is 4.76. The molecule has 1 aromatic rings. The number of nitrogens with one attached hydrogen (secondary N) is 2. The Morgan fingerprint density at radius 1 is 1.25 bits per heavy atom. The minimum Gasteiger partial charge on any atom is -0.490 e. The highest BCUT2D eigenvalue weighted by molar-refractivity contribution is 5.94. The lowest BCUT2D eigenvalue weighted by Gasteiger charge is -2.27. The fourth-order valence-electron chi connectivity index (χ4n) is 2.02. The maximum Gasteiger partial charge on any atom is 0.251 e. The Morgan fingerprint density at radius 3 is 2.55 bits per heavy atom. The highest BCUT2D eigenvalue weighted by Gasteiger charge is 2.18. The molecule has 0 unspecified atom stereocenters. The van der Waals surface area contributed by atoms with E-state index in [1.54, 1.807) is 18.2 Å². The van der Waals surface area contributed by atoms with Crippen LogP contribution in [0.2, 0.25) is 0 Å². The van der Waals surface area contributed by atoms with Crippen molar-refractivity contribution in [1.29, 1.82) is 0 Å². The first kappa shape index (κ1) is 14.7. The average molecular weight is 278 g/mol. The Hall–Kier alpha value is -1.75. The van der Waals surface area contributed by atoms with Gasteiger partial charge in [-0.15, -0.1) is 0 Å². The van der Waals surface area contributed by atoms with E-state index in [-0.39, 0.29) is 5.91 Å². The van der Waals surface area contributed by atoms with Crippen molar-refractivity contribution in [2.75, 3.05) is 32.8 Å². The second kappa shape index (κ2) is 7.14. The molecule has 110 valence electrons. The largest absolute Gasteiger partial charge is 0.490 e. The van der Waals surface area contributed by atoms with Gasteiger partial charge in [0.1, 0.15) is 0 Å². The Morgan fingerprint density at radius 2 is 1.95 bits per heavy atom. The summed E-state index contributed by atoms with van der Waals surface area (Å²) in [5, 5.41) is 6.13. The highest BCUT2D eigenvalue weighted by atomic mass is 16.5. The summed E-state index contributed by atoms with van der Waals surface area (Å²) < 4.78 is 11.0. The van der Waals surface area contributed by atoms with Gasteiger partial charge in [-0.3, -0.25) is 4.79 Å². The highest BCUT2D eigenvalue weighted by Crippen LogP contribution is 2.28. The summed E-state index contributed by atoms with van der Waals surface area (Å²) in [7, 11) is 0. The molecule has 20 heavy (non-hydrogen) atoms. The monoisotopic (exact) mass is 278 g/mol. The van der Waals surface area contributed by atoms with Crippen LogP contribution in [0.15, 0.2) is 18.2 Å². The van der Waals surface area contributed by atoms with E-state index >= 15 is 0 Å². The molecule has 0 radical (unpaired) electrons. The van der Waals surface area contributed by atoms with Gasteiger partial charge in [-0.25, -0.2) is 0 Å². The third kappa shape index (κ3) is 3.63. The van der Waals surface area contributed by atoms with Gasteiger partial charge in [0.2, 0.25) is 0 Å². The van der Waals surface area contributed by atoms with Crippen molar-refractivity contribution in [1.82, 2.24) is 10.6 Å². The standard InChI is InChI=1S/C15H22N2O3/c1-3-19-13-6-5-12(7-14(13)20-4-2)15(18)17-10-11-8-16-9-11/h5-7,11,16H,3-4,8-10H2,1-2H3,(H,17,18). The first-order valence-electron chi connectivity index (χ1n) is 7.13. The van der Waals surface area contributed by atoms with E-state index in [4.69, 9.17) is 9.47 Å². The van der Waals surface area contributed by atoms with Gasteiger partial charge >= 0.3 is 0 Å². The van der Waals surface area contributed by atoms with E-state index in [9.17, 15) is 4.79 Å². The molecule has 0 atom stereocenters. The van der Waals surface area contributed by atoms with Crippen LogP contribution in [0.4, 0.5) is 0 Å². The van der Waals surface area contributed by atoms with Gasteiger partial charge < -0.3 is 20.1 Å². The number of carbonyl (C=O) groups is 1. The van der Waals surface area contributed by atoms with Crippen molar-refractivity contribution >= 4 is 5.91 Å². The van der Waals surface area contributed by atoms with Gasteiger partial charge in [-0.2, -0.15) is 0 Å². The van der Waals surface area contributed by atoms with Crippen LogP contribution in [0.1, 0.15) is 24.2 Å². The predicted octanol–water partition coefficient (Wildman–Crippen LogP) is 1.43. The lowest BCUT2D eigenvalue weighted by atomic mass is 10.0. The molecule has 1 aromatic carbocycles. The van der Waals surface area contributed by atoms with Crippen LogP contribution in [0.3, 0.4) is 0 Å². The predicted molar refractivity (Wildman–Crippen MR) is 77.5 cm³/mol. The van der Waals surface area contributed by atoms with Crippen LogP contribution < -0.4 is 20.1 Å². The normalized spacial score (nSPS) is 14.5. The van der Waals surface area contributed by atoms with Crippen LogP contribution in [-0.4, -0.2) is 38.8 Å². The zero-order valence-electron chi connectivity index (χ0n) is 12.1. The van der Waals surface area contributed by atoms with Gasteiger partial charge in [0, 0.05) is 31.1 Å². The third-order valence-corrected chi connectivity index (χ3v) is 3.22. The molecule has 5 nitrogen and oxygen atoms in total. The van der Waals surface area contributed by atoms with Gasteiger partial charge in [0.25, 0.3) is 5.91 Å². The van der Waals surface area contributed by atoms with E-state index in [1.165, 1.54) is 0 Å². The summed E-state index contributed by atoms with van der Waals surface area (Å²) in [6.45, 7) is 7.61. The minimum atomic E-state index is -0.0686. The Balaban J connectivity index is 2.02. The summed E-state index contributed by atoms with van der Waals surface area (Å²) in [5.74, 6) is 1.77. The molecule has 1 heterocycles. The molecular weight excluding hydrogens is 256 g/mol. The minimum absolute atomic E-state index is 0.0686. The average Bonchev–Trinajstić information content (AvgIpc) is 2.39. The SMILES string of the molecule is CCOc1ccc(C(=O)NCC2CNC2)cc1OCC. The van der Waals surface area contributed by atoms with E-state index in [0.717, 1.165) is 13.1 Å². The summed E-state index contributed by atoms with van der Waals surface area (Å²) in [6.07, 6.45) is 0. The molecule has 1 saturated heterocycles. The fourth-order valence-corrected chi connectivity index (χ4v) is 2.02. The second-order valence-corrected chi connectivity index (χ2v) is 4.76. The van der Waals surface area contributed by atoms with Crippen molar-refractivity contribution in [3.05, 3.63) is 23.8 Å². The molecule has 0 bridgehead atoms. The van der Waals surface area contributed by atoms with E-state index in [0.29, 0.717) is 42.7 Å². The maximum atomic E-state index is 12.1. The van der Waals surface area contributed by atoms with Crippen LogP contribution in [0.5, 0.6) is 11.5 Å². The zero-order valence-corrected chi connectivity index (χ0v) is 12.1. The first-order chi connectivity index (χ1) is 9.74. The number of amides is 1. The lowest BCUT2D eigenvalue weighted by molar-refractivity contribution is 0.0941. The molecule has 0 spiro atoms. The van der Waals surface area contributed by atoms with E-state index < -0.39 is 0 Å². The lowest BCUT2D eigenvalue weighted by Crippen LogP contribution is -2.48. The van der Waals surface area contributed by atoms with Crippen molar-refractivity contribution in [3.63, 3.8) is 0 Å². The van der Waals surface area contributed by atoms with Gasteiger partial charge in [-0.05, 0) is 32.0 Å². The molecule has 5 heteroatoms. The molecule has 2 rings (SSSR count). The molecule has 1 fully saturated rings. The fraction of sp³-hybridized carbons (Fsp3) is 0.533. The number of carbonyl (C=O) groups excluding carboxylic acids is 1. The third-order valence-electron chi connectivity index (χ3n) is 3.22. The first-order valence-corrected chi connectivity index (χ1v) is 7.13. The molecule has 1 aliphatic rings. The molecule has 1 aliphatic heterocycles. The maximum absolute atomic E-state index is 12.1. The number of hydrogen-bond acceptors (Lipinski definition) is 4. The quantitative estimate of drug-likeness (QED) is 0.792. The molecule has 0 aromatic heterocycles. The van der Waals surface area contributed by atoms with Crippen LogP contribution in [-0.2, 0) is 0 Å². The van der Waals surface area contributed by atoms with Crippen LogP contribution >= 0.6 is 0 Å². The summed E-state index contributed by atoms with van der Waals surface area (Å²) in [6, 6.07) is 5.29. The number of benzene rings is 1. The molecular formula is C15H22N2O3. The van der Waals surface area contributed by atoms with Crippen LogP contribution in [0.25, 0.3) is 0 Å². The van der Waals surface area contributed by atoms with Crippen molar-refractivity contribution in [3.8, 4) is 11.5 Å². The van der Waals surface area contributed by atoms with E-state index in [1.807, 2.05) is 13.8 Å². The number of hydrogen-bond donors (Lipinski definition) is 2. The molecule has 0 aliphatic carbocycles. The summed E-state index contributed by atoms with van der Waals surface area (Å²) in [5.41, 5.74) is 0.601. The van der Waals surface area contributed by atoms with Gasteiger partial charge in [-0.1, -0.05) is 0 Å². The molecule has 2 N–H and O–H groups in total. The Bertz CT molecular complexity index is 458. The smallest absolute Gasteiger partial charge is 0.251 e. The van der Waals surface area contributed by atoms with E-state index in [2.05, 4.69) is 10.6 Å². The Kier molecular flexibility index (Phi) is 5.24. The van der Waals surface area contributed by atoms with Crippen molar-refractivity contribution < 1.29 is 14.3 Å². The number of ether oxygens (including phenoxy) is 2. The molecule has 1 amide bonds.